The Bertz CT molecular complexity index is 90.7. The predicted molar refractivity (Wildman–Crippen MR) is 43.0 cm³/mol. The molecule has 0 amide bonds. The minimum atomic E-state index is 0.861. The Morgan fingerprint density at radius 3 is 2.50 bits per heavy atom. The maximum absolute atomic E-state index is 5.41. The third kappa shape index (κ3) is 1.72. The molecule has 0 unspecified atom stereocenters. The fourth-order valence-electron chi connectivity index (χ4n) is 1.78. The molecule has 1 aliphatic heterocycles. The van der Waals surface area contributed by atoms with Crippen molar-refractivity contribution in [2.45, 2.75) is 33.1 Å². The minimum Gasteiger partial charge on any atom is -0.381 e. The van der Waals surface area contributed by atoms with Crippen LogP contribution in [0.15, 0.2) is 0 Å². The van der Waals surface area contributed by atoms with Crippen LogP contribution in [-0.2, 0) is 4.74 Å². The molecule has 60 valence electrons. The van der Waals surface area contributed by atoms with Gasteiger partial charge in [-0.2, -0.15) is 0 Å². The van der Waals surface area contributed by atoms with Gasteiger partial charge < -0.3 is 4.74 Å². The maximum Gasteiger partial charge on any atom is 0.0497 e. The Labute approximate surface area is 63.8 Å². The molecular weight excluding hydrogens is 124 g/mol. The van der Waals surface area contributed by atoms with Gasteiger partial charge >= 0.3 is 0 Å². The third-order valence-corrected chi connectivity index (χ3v) is 2.51. The van der Waals surface area contributed by atoms with Crippen LogP contribution in [0.25, 0.3) is 0 Å². The van der Waals surface area contributed by atoms with Gasteiger partial charge in [0.2, 0.25) is 0 Å². The van der Waals surface area contributed by atoms with Crippen molar-refractivity contribution >= 4 is 0 Å². The predicted octanol–water partition coefficient (Wildman–Crippen LogP) is 2.46. The molecule has 0 radical (unpaired) electrons. The van der Waals surface area contributed by atoms with Crippen LogP contribution in [-0.4, -0.2) is 13.2 Å². The SMILES string of the molecule is CCC[C@@H]1COC[C@@H]1CC. The van der Waals surface area contributed by atoms with Gasteiger partial charge in [0.25, 0.3) is 0 Å². The van der Waals surface area contributed by atoms with Gasteiger partial charge in [-0.25, -0.2) is 0 Å². The average Bonchev–Trinajstić information content (AvgIpc) is 2.36. The van der Waals surface area contributed by atoms with Crippen molar-refractivity contribution in [3.05, 3.63) is 0 Å². The van der Waals surface area contributed by atoms with Crippen LogP contribution in [0.3, 0.4) is 0 Å². The molecule has 1 heterocycles. The lowest BCUT2D eigenvalue weighted by atomic mass is 9.90. The molecular formula is C9H18O. The highest BCUT2D eigenvalue weighted by Crippen LogP contribution is 2.27. The molecule has 1 aliphatic rings. The smallest absolute Gasteiger partial charge is 0.0497 e. The summed E-state index contributed by atoms with van der Waals surface area (Å²) in [5.41, 5.74) is 0. The third-order valence-electron chi connectivity index (χ3n) is 2.51. The van der Waals surface area contributed by atoms with Crippen molar-refractivity contribution in [2.75, 3.05) is 13.2 Å². The summed E-state index contributed by atoms with van der Waals surface area (Å²) in [6.07, 6.45) is 3.97. The summed E-state index contributed by atoms with van der Waals surface area (Å²) < 4.78 is 5.41. The van der Waals surface area contributed by atoms with E-state index < -0.39 is 0 Å². The quantitative estimate of drug-likeness (QED) is 0.588. The number of hydrogen-bond donors (Lipinski definition) is 0. The molecule has 10 heavy (non-hydrogen) atoms. The molecule has 0 aromatic carbocycles. The van der Waals surface area contributed by atoms with Crippen molar-refractivity contribution in [3.8, 4) is 0 Å². The van der Waals surface area contributed by atoms with E-state index in [-0.39, 0.29) is 0 Å². The molecule has 0 aromatic rings. The van der Waals surface area contributed by atoms with Gasteiger partial charge in [0.1, 0.15) is 0 Å². The second kappa shape index (κ2) is 3.97. The van der Waals surface area contributed by atoms with Crippen LogP contribution in [0.4, 0.5) is 0 Å². The molecule has 0 N–H and O–H groups in total. The highest BCUT2D eigenvalue weighted by Gasteiger charge is 2.25. The van der Waals surface area contributed by atoms with Gasteiger partial charge in [-0.3, -0.25) is 0 Å². The normalized spacial score (nSPS) is 33.0. The zero-order chi connectivity index (χ0) is 7.40. The molecule has 1 nitrogen and oxygen atoms in total. The minimum absolute atomic E-state index is 0.861. The van der Waals surface area contributed by atoms with E-state index in [1.54, 1.807) is 0 Å². The Morgan fingerprint density at radius 1 is 1.20 bits per heavy atom. The molecule has 1 fully saturated rings. The van der Waals surface area contributed by atoms with E-state index in [4.69, 9.17) is 4.74 Å². The molecule has 0 spiro atoms. The fraction of sp³-hybridized carbons (Fsp3) is 1.00. The lowest BCUT2D eigenvalue weighted by molar-refractivity contribution is 0.179. The van der Waals surface area contributed by atoms with Gasteiger partial charge in [-0.15, -0.1) is 0 Å². The number of hydrogen-bond acceptors (Lipinski definition) is 1. The Kier molecular flexibility index (Phi) is 3.20. The summed E-state index contributed by atoms with van der Waals surface area (Å²) >= 11 is 0. The standard InChI is InChI=1S/C9H18O/c1-3-5-9-7-10-6-8(9)4-2/h8-9H,3-7H2,1-2H3/t8-,9+/m0/s1. The van der Waals surface area contributed by atoms with Crippen molar-refractivity contribution in [2.24, 2.45) is 11.8 Å². The van der Waals surface area contributed by atoms with Gasteiger partial charge in [0.15, 0.2) is 0 Å². The topological polar surface area (TPSA) is 9.23 Å². The largest absolute Gasteiger partial charge is 0.381 e. The number of ether oxygens (including phenoxy) is 1. The van der Waals surface area contributed by atoms with Gasteiger partial charge in [-0.1, -0.05) is 26.7 Å². The summed E-state index contributed by atoms with van der Waals surface area (Å²) in [5, 5.41) is 0. The first-order valence-electron chi connectivity index (χ1n) is 4.46. The molecule has 0 aromatic heterocycles. The summed E-state index contributed by atoms with van der Waals surface area (Å²) in [4.78, 5) is 0. The first-order chi connectivity index (χ1) is 4.88. The van der Waals surface area contributed by atoms with Crippen LogP contribution >= 0.6 is 0 Å². The van der Waals surface area contributed by atoms with Crippen LogP contribution in [0.5, 0.6) is 0 Å². The van der Waals surface area contributed by atoms with E-state index in [1.165, 1.54) is 19.3 Å². The van der Waals surface area contributed by atoms with Gasteiger partial charge in [0, 0.05) is 13.2 Å². The van der Waals surface area contributed by atoms with Crippen molar-refractivity contribution in [3.63, 3.8) is 0 Å². The molecule has 2 atom stereocenters. The summed E-state index contributed by atoms with van der Waals surface area (Å²) in [7, 11) is 0. The van der Waals surface area contributed by atoms with E-state index in [2.05, 4.69) is 13.8 Å². The maximum atomic E-state index is 5.41. The monoisotopic (exact) mass is 142 g/mol. The highest BCUT2D eigenvalue weighted by atomic mass is 16.5. The molecule has 0 bridgehead atoms. The molecule has 1 saturated heterocycles. The Morgan fingerprint density at radius 2 is 1.90 bits per heavy atom. The second-order valence-electron chi connectivity index (χ2n) is 3.25. The van der Waals surface area contributed by atoms with Crippen LogP contribution in [0.2, 0.25) is 0 Å². The second-order valence-corrected chi connectivity index (χ2v) is 3.25. The van der Waals surface area contributed by atoms with E-state index in [0.717, 1.165) is 25.0 Å². The lowest BCUT2D eigenvalue weighted by Gasteiger charge is -2.13. The molecule has 0 saturated carbocycles. The van der Waals surface area contributed by atoms with Crippen LogP contribution in [0, 0.1) is 11.8 Å². The van der Waals surface area contributed by atoms with Crippen LogP contribution in [0.1, 0.15) is 33.1 Å². The molecule has 0 aliphatic carbocycles. The summed E-state index contributed by atoms with van der Waals surface area (Å²) in [6.45, 7) is 6.56. The van der Waals surface area contributed by atoms with E-state index in [9.17, 15) is 0 Å². The van der Waals surface area contributed by atoms with Gasteiger partial charge in [-0.05, 0) is 18.3 Å². The van der Waals surface area contributed by atoms with E-state index in [1.807, 2.05) is 0 Å². The molecule has 1 rings (SSSR count). The average molecular weight is 142 g/mol. The van der Waals surface area contributed by atoms with Crippen molar-refractivity contribution < 1.29 is 4.74 Å². The summed E-state index contributed by atoms with van der Waals surface area (Å²) in [5.74, 6) is 1.73. The Hall–Kier alpha value is -0.0400. The van der Waals surface area contributed by atoms with Crippen LogP contribution < -0.4 is 0 Å². The first-order valence-corrected chi connectivity index (χ1v) is 4.46. The van der Waals surface area contributed by atoms with E-state index in [0.29, 0.717) is 0 Å². The summed E-state index contributed by atoms with van der Waals surface area (Å²) in [6, 6.07) is 0. The van der Waals surface area contributed by atoms with Gasteiger partial charge in [0.05, 0.1) is 0 Å². The van der Waals surface area contributed by atoms with E-state index >= 15 is 0 Å². The first kappa shape index (κ1) is 8.06. The zero-order valence-electron chi connectivity index (χ0n) is 7.10. The molecule has 1 heteroatoms. The zero-order valence-corrected chi connectivity index (χ0v) is 7.10. The van der Waals surface area contributed by atoms with Crippen molar-refractivity contribution in [1.82, 2.24) is 0 Å². The highest BCUT2D eigenvalue weighted by molar-refractivity contribution is 4.73. The number of rotatable bonds is 3. The Balaban J connectivity index is 2.27. The fourth-order valence-corrected chi connectivity index (χ4v) is 1.78. The van der Waals surface area contributed by atoms with Crippen molar-refractivity contribution in [1.29, 1.82) is 0 Å². The lowest BCUT2D eigenvalue weighted by Crippen LogP contribution is -2.10.